The third kappa shape index (κ3) is 5.52. The Morgan fingerprint density at radius 2 is 1.73 bits per heavy atom. The van der Waals surface area contributed by atoms with Crippen LogP contribution in [0.2, 0.25) is 0 Å². The lowest BCUT2D eigenvalue weighted by Crippen LogP contribution is -2.37. The van der Waals surface area contributed by atoms with Crippen LogP contribution in [0.5, 0.6) is 11.5 Å². The molecule has 0 radical (unpaired) electrons. The van der Waals surface area contributed by atoms with Crippen LogP contribution in [0, 0.1) is 0 Å². The highest BCUT2D eigenvalue weighted by molar-refractivity contribution is 5.99. The summed E-state index contributed by atoms with van der Waals surface area (Å²) in [5, 5.41) is 0.477. The molecule has 0 bridgehead atoms. The molecule has 7 heteroatoms. The van der Waals surface area contributed by atoms with Crippen molar-refractivity contribution in [3.05, 3.63) is 69.6 Å². The summed E-state index contributed by atoms with van der Waals surface area (Å²) in [6.07, 6.45) is 3.20. The maximum absolute atomic E-state index is 13.7. The molecule has 3 aromatic rings. The van der Waals surface area contributed by atoms with Crippen LogP contribution in [0.25, 0.3) is 11.0 Å². The second-order valence-electron chi connectivity index (χ2n) is 9.29. The number of nitrogens with zero attached hydrogens (tertiary/aromatic N) is 2. The van der Waals surface area contributed by atoms with Crippen molar-refractivity contribution in [2.45, 2.75) is 53.0 Å². The number of rotatable bonds is 13. The first-order valence-corrected chi connectivity index (χ1v) is 13.5. The lowest BCUT2D eigenvalue weighted by molar-refractivity contribution is 0.0708. The number of fused-ring (bicyclic) bond motifs is 2. The van der Waals surface area contributed by atoms with E-state index in [1.165, 1.54) is 0 Å². The summed E-state index contributed by atoms with van der Waals surface area (Å²) in [6, 6.07) is 12.3. The number of hydrogen-bond acceptors (Lipinski definition) is 6. The Bertz CT molecular complexity index is 1280. The number of para-hydroxylation sites is 1. The van der Waals surface area contributed by atoms with Gasteiger partial charge in [-0.25, -0.2) is 0 Å². The predicted octanol–water partition coefficient (Wildman–Crippen LogP) is 5.65. The molecule has 7 nitrogen and oxygen atoms in total. The van der Waals surface area contributed by atoms with Crippen molar-refractivity contribution in [1.29, 1.82) is 0 Å². The Hall–Kier alpha value is -3.32. The number of benzene rings is 2. The van der Waals surface area contributed by atoms with E-state index in [1.54, 1.807) is 23.1 Å². The Labute approximate surface area is 219 Å². The number of unbranched alkanes of at least 4 members (excludes halogenated alkanes) is 2. The molecule has 4 rings (SSSR count). The molecule has 0 N–H and O–H groups in total. The summed E-state index contributed by atoms with van der Waals surface area (Å²) in [5.41, 5.74) is 1.45. The van der Waals surface area contributed by atoms with Crippen LogP contribution >= 0.6 is 0 Å². The molecule has 1 amide bonds. The minimum Gasteiger partial charge on any atom is -0.490 e. The molecule has 1 atom stereocenters. The van der Waals surface area contributed by atoms with Crippen LogP contribution in [0.3, 0.4) is 0 Å². The van der Waals surface area contributed by atoms with Gasteiger partial charge in [0.1, 0.15) is 5.58 Å². The number of carbonyl (C=O) groups excluding carboxylic acids is 1. The van der Waals surface area contributed by atoms with Gasteiger partial charge in [0.15, 0.2) is 16.9 Å². The molecule has 0 spiro atoms. The number of ether oxygens (including phenoxy) is 2. The van der Waals surface area contributed by atoms with Crippen molar-refractivity contribution in [3.8, 4) is 11.5 Å². The van der Waals surface area contributed by atoms with E-state index in [2.05, 4.69) is 25.7 Å². The molecule has 0 fully saturated rings. The first kappa shape index (κ1) is 26.7. The minimum atomic E-state index is -0.563. The van der Waals surface area contributed by atoms with Crippen LogP contribution < -0.4 is 14.9 Å². The second kappa shape index (κ2) is 12.3. The number of amides is 1. The van der Waals surface area contributed by atoms with Gasteiger partial charge >= 0.3 is 0 Å². The van der Waals surface area contributed by atoms with Crippen LogP contribution in [0.4, 0.5) is 0 Å². The van der Waals surface area contributed by atoms with Crippen molar-refractivity contribution in [1.82, 2.24) is 9.80 Å². The molecule has 1 unspecified atom stereocenters. The van der Waals surface area contributed by atoms with E-state index in [0.717, 1.165) is 37.9 Å². The van der Waals surface area contributed by atoms with E-state index in [0.29, 0.717) is 54.3 Å². The maximum Gasteiger partial charge on any atom is 0.290 e. The highest BCUT2D eigenvalue weighted by atomic mass is 16.5. The van der Waals surface area contributed by atoms with Crippen molar-refractivity contribution in [2.24, 2.45) is 0 Å². The van der Waals surface area contributed by atoms with E-state index >= 15 is 0 Å². The Morgan fingerprint density at radius 3 is 2.46 bits per heavy atom. The van der Waals surface area contributed by atoms with Gasteiger partial charge in [-0.2, -0.15) is 0 Å². The highest BCUT2D eigenvalue weighted by Gasteiger charge is 2.42. The number of carbonyl (C=O) groups is 1. The summed E-state index contributed by atoms with van der Waals surface area (Å²) < 4.78 is 18.0. The normalized spacial score (nSPS) is 15.0. The molecular weight excluding hydrogens is 468 g/mol. The number of likely N-dealkylation sites (N-methyl/N-ethyl adjacent to an activating group) is 1. The molecule has 37 heavy (non-hydrogen) atoms. The summed E-state index contributed by atoms with van der Waals surface area (Å²) in [5.74, 6) is 1.16. The van der Waals surface area contributed by atoms with Crippen molar-refractivity contribution < 1.29 is 18.7 Å². The first-order valence-electron chi connectivity index (χ1n) is 13.5. The van der Waals surface area contributed by atoms with Gasteiger partial charge in [-0.3, -0.25) is 9.59 Å². The molecular formula is C30H38N2O5. The van der Waals surface area contributed by atoms with E-state index in [4.69, 9.17) is 13.9 Å². The maximum atomic E-state index is 13.7. The lowest BCUT2D eigenvalue weighted by Gasteiger charge is -2.28. The van der Waals surface area contributed by atoms with Gasteiger partial charge < -0.3 is 23.7 Å². The number of hydrogen-bond donors (Lipinski definition) is 0. The van der Waals surface area contributed by atoms with Gasteiger partial charge in [-0.1, -0.05) is 51.8 Å². The van der Waals surface area contributed by atoms with Gasteiger partial charge in [-0.05, 0) is 56.3 Å². The zero-order chi connectivity index (χ0) is 26.4. The van der Waals surface area contributed by atoms with Crippen LogP contribution in [-0.2, 0) is 0 Å². The van der Waals surface area contributed by atoms with E-state index in [9.17, 15) is 9.59 Å². The smallest absolute Gasteiger partial charge is 0.290 e. The van der Waals surface area contributed by atoms with Crippen molar-refractivity contribution >= 4 is 16.9 Å². The largest absolute Gasteiger partial charge is 0.490 e. The molecule has 0 aliphatic carbocycles. The fraction of sp³-hybridized carbons (Fsp3) is 0.467. The topological polar surface area (TPSA) is 72.2 Å². The average Bonchev–Trinajstić information content (AvgIpc) is 3.19. The quantitative estimate of drug-likeness (QED) is 0.279. The molecule has 198 valence electrons. The Kier molecular flexibility index (Phi) is 8.87. The summed E-state index contributed by atoms with van der Waals surface area (Å²) in [6.45, 7) is 12.3. The molecule has 0 saturated carbocycles. The van der Waals surface area contributed by atoms with Gasteiger partial charge in [-0.15, -0.1) is 0 Å². The summed E-state index contributed by atoms with van der Waals surface area (Å²) in [4.78, 5) is 31.4. The van der Waals surface area contributed by atoms with Crippen LogP contribution in [0.1, 0.15) is 74.7 Å². The average molecular weight is 507 g/mol. The zero-order valence-electron chi connectivity index (χ0n) is 22.4. The van der Waals surface area contributed by atoms with Gasteiger partial charge in [0.05, 0.1) is 30.2 Å². The summed E-state index contributed by atoms with van der Waals surface area (Å²) >= 11 is 0. The lowest BCUT2D eigenvalue weighted by atomic mass is 9.98. The third-order valence-corrected chi connectivity index (χ3v) is 7.01. The van der Waals surface area contributed by atoms with E-state index in [-0.39, 0.29) is 17.1 Å². The van der Waals surface area contributed by atoms with Crippen LogP contribution in [0.15, 0.2) is 51.7 Å². The van der Waals surface area contributed by atoms with E-state index in [1.807, 2.05) is 31.2 Å². The third-order valence-electron chi connectivity index (χ3n) is 7.01. The molecule has 1 aliphatic rings. The van der Waals surface area contributed by atoms with Gasteiger partial charge in [0.25, 0.3) is 5.91 Å². The predicted molar refractivity (Wildman–Crippen MR) is 146 cm³/mol. The SMILES string of the molecule is CCCCCOc1ccc(C2c3c(oc4ccccc4c3=O)C(=O)N2CCN(CC)CC)cc1OCC. The molecule has 1 aromatic heterocycles. The van der Waals surface area contributed by atoms with Gasteiger partial charge in [0.2, 0.25) is 5.76 Å². The Morgan fingerprint density at radius 1 is 0.946 bits per heavy atom. The second-order valence-corrected chi connectivity index (χ2v) is 9.29. The van der Waals surface area contributed by atoms with Crippen LogP contribution in [-0.4, -0.2) is 55.1 Å². The molecule has 1 aliphatic heterocycles. The highest BCUT2D eigenvalue weighted by Crippen LogP contribution is 2.41. The summed E-state index contributed by atoms with van der Waals surface area (Å²) in [7, 11) is 0. The van der Waals surface area contributed by atoms with Crippen molar-refractivity contribution in [2.75, 3.05) is 39.4 Å². The standard InChI is InChI=1S/C30H38N2O5/c1-5-9-12-19-36-24-16-15-21(20-25(24)35-8-4)27-26-28(33)22-13-10-11-14-23(22)37-29(26)30(34)32(27)18-17-31(6-2)7-3/h10-11,13-16,20,27H,5-9,12,17-19H2,1-4H3. The fourth-order valence-corrected chi connectivity index (χ4v) is 4.95. The monoisotopic (exact) mass is 506 g/mol. The van der Waals surface area contributed by atoms with Gasteiger partial charge in [0, 0.05) is 13.1 Å². The Balaban J connectivity index is 1.78. The van der Waals surface area contributed by atoms with E-state index < -0.39 is 6.04 Å². The molecule has 2 heterocycles. The fourth-order valence-electron chi connectivity index (χ4n) is 4.95. The zero-order valence-corrected chi connectivity index (χ0v) is 22.4. The molecule has 0 saturated heterocycles. The van der Waals surface area contributed by atoms with Crippen molar-refractivity contribution in [3.63, 3.8) is 0 Å². The molecule has 2 aromatic carbocycles. The minimum absolute atomic E-state index is 0.131. The first-order chi connectivity index (χ1) is 18.0.